The molecule has 0 aliphatic rings. The number of imidazole rings is 1. The molecule has 4 rings (SSSR count). The molecule has 0 spiro atoms. The van der Waals surface area contributed by atoms with E-state index in [9.17, 15) is 9.59 Å². The Bertz CT molecular complexity index is 1230. The first-order valence-corrected chi connectivity index (χ1v) is 12.2. The second-order valence-corrected chi connectivity index (χ2v) is 8.62. The summed E-state index contributed by atoms with van der Waals surface area (Å²) in [4.78, 5) is 30.7. The monoisotopic (exact) mass is 458 g/mol. The Balaban J connectivity index is 1.66. The van der Waals surface area contributed by atoms with E-state index in [1.165, 1.54) is 0 Å². The summed E-state index contributed by atoms with van der Waals surface area (Å²) in [6, 6.07) is 25.9. The van der Waals surface area contributed by atoms with E-state index in [4.69, 9.17) is 4.98 Å². The third kappa shape index (κ3) is 5.62. The second kappa shape index (κ2) is 10.8. The number of benzene rings is 3. The van der Waals surface area contributed by atoms with Crippen molar-refractivity contribution < 1.29 is 9.59 Å². The molecule has 2 amide bonds. The van der Waals surface area contributed by atoms with Gasteiger partial charge in [0.2, 0.25) is 5.91 Å². The van der Waals surface area contributed by atoms with E-state index < -0.39 is 0 Å². The van der Waals surface area contributed by atoms with Crippen LogP contribution in [0.5, 0.6) is 0 Å². The normalized spacial score (nSPS) is 11.8. The van der Waals surface area contributed by atoms with Crippen LogP contribution >= 0.6 is 11.8 Å². The van der Waals surface area contributed by atoms with E-state index in [-0.39, 0.29) is 24.4 Å². The number of nitrogens with zero attached hydrogens (tertiary/aromatic N) is 2. The molecule has 1 aromatic heterocycles. The fourth-order valence-electron chi connectivity index (χ4n) is 3.72. The molecule has 6 nitrogen and oxygen atoms in total. The number of nitrogens with one attached hydrogen (secondary N) is 2. The van der Waals surface area contributed by atoms with Crippen LogP contribution in [-0.4, -0.2) is 33.4 Å². The zero-order valence-corrected chi connectivity index (χ0v) is 19.2. The van der Waals surface area contributed by atoms with Crippen LogP contribution in [0.25, 0.3) is 11.0 Å². The van der Waals surface area contributed by atoms with Gasteiger partial charge in [0.05, 0.1) is 17.1 Å². The number of amides is 2. The Morgan fingerprint density at radius 2 is 1.61 bits per heavy atom. The average Bonchev–Trinajstić information content (AvgIpc) is 3.21. The molecule has 7 heteroatoms. The highest BCUT2D eigenvalue weighted by Gasteiger charge is 2.23. The van der Waals surface area contributed by atoms with Crippen LogP contribution in [0.2, 0.25) is 0 Å². The Hall–Kier alpha value is -3.58. The maximum atomic E-state index is 12.9. The Morgan fingerprint density at radius 3 is 2.33 bits per heavy atom. The maximum absolute atomic E-state index is 12.9. The summed E-state index contributed by atoms with van der Waals surface area (Å²) in [6.07, 6.45) is 2.73. The van der Waals surface area contributed by atoms with Crippen LogP contribution in [0.3, 0.4) is 0 Å². The number of thioether (sulfide) groups is 1. The van der Waals surface area contributed by atoms with Crippen molar-refractivity contribution in [3.8, 4) is 0 Å². The zero-order chi connectivity index (χ0) is 23.0. The molecule has 1 heterocycles. The molecular formula is C26H26N4O2S. The van der Waals surface area contributed by atoms with Gasteiger partial charge >= 0.3 is 0 Å². The number of hydrogen-bond acceptors (Lipinski definition) is 4. The molecule has 4 aromatic rings. The number of anilines is 1. The van der Waals surface area contributed by atoms with Gasteiger partial charge < -0.3 is 15.2 Å². The predicted molar refractivity (Wildman–Crippen MR) is 134 cm³/mol. The minimum absolute atomic E-state index is 0.0989. The largest absolute Gasteiger partial charge is 0.342 e. The van der Waals surface area contributed by atoms with Crippen LogP contribution < -0.4 is 10.6 Å². The van der Waals surface area contributed by atoms with Crippen molar-refractivity contribution in [3.05, 3.63) is 96.3 Å². The van der Waals surface area contributed by atoms with Crippen molar-refractivity contribution in [1.29, 1.82) is 0 Å². The summed E-state index contributed by atoms with van der Waals surface area (Å²) in [5, 5.41) is 6.08. The molecule has 0 bridgehead atoms. The van der Waals surface area contributed by atoms with Crippen molar-refractivity contribution in [2.45, 2.75) is 19.0 Å². The van der Waals surface area contributed by atoms with Gasteiger partial charge in [-0.15, -0.1) is 0 Å². The first kappa shape index (κ1) is 22.6. The highest BCUT2D eigenvalue weighted by molar-refractivity contribution is 7.98. The standard InChI is InChI=1S/C26H26N4O2S/c1-33-17-16-22(29-26(32)19-10-4-2-5-11-19)25-28-21-14-8-9-15-23(21)30(25)18-24(31)27-20-12-6-3-7-13-20/h2-15,22H,16-18H2,1H3,(H,27,31)(H,29,32)/t22-/m0/s1. The molecule has 3 aromatic carbocycles. The van der Waals surface area contributed by atoms with Crippen molar-refractivity contribution >= 4 is 40.3 Å². The molecule has 0 aliphatic carbocycles. The Labute approximate surface area is 197 Å². The van der Waals surface area contributed by atoms with E-state index in [0.29, 0.717) is 17.8 Å². The van der Waals surface area contributed by atoms with Gasteiger partial charge in [0.15, 0.2) is 0 Å². The van der Waals surface area contributed by atoms with Crippen LogP contribution in [0.1, 0.15) is 28.6 Å². The number of hydrogen-bond donors (Lipinski definition) is 2. The van der Waals surface area contributed by atoms with Gasteiger partial charge in [0.25, 0.3) is 5.91 Å². The summed E-state index contributed by atoms with van der Waals surface area (Å²) in [7, 11) is 0. The summed E-state index contributed by atoms with van der Waals surface area (Å²) < 4.78 is 1.91. The minimum atomic E-state index is -0.331. The van der Waals surface area contributed by atoms with Crippen molar-refractivity contribution in [1.82, 2.24) is 14.9 Å². The van der Waals surface area contributed by atoms with Crippen molar-refractivity contribution in [2.24, 2.45) is 0 Å². The molecule has 33 heavy (non-hydrogen) atoms. The van der Waals surface area contributed by atoms with Crippen LogP contribution in [0.4, 0.5) is 5.69 Å². The summed E-state index contributed by atoms with van der Waals surface area (Å²) in [5.41, 5.74) is 2.99. The molecule has 2 N–H and O–H groups in total. The molecular weight excluding hydrogens is 432 g/mol. The lowest BCUT2D eigenvalue weighted by molar-refractivity contribution is -0.116. The van der Waals surface area contributed by atoms with Crippen molar-refractivity contribution in [2.75, 3.05) is 17.3 Å². The topological polar surface area (TPSA) is 76.0 Å². The first-order chi connectivity index (χ1) is 16.2. The number of carbonyl (C=O) groups excluding carboxylic acids is 2. The van der Waals surface area contributed by atoms with Gasteiger partial charge in [0, 0.05) is 11.3 Å². The van der Waals surface area contributed by atoms with Gasteiger partial charge in [-0.2, -0.15) is 11.8 Å². The number of aromatic nitrogens is 2. The zero-order valence-electron chi connectivity index (χ0n) is 18.4. The van der Waals surface area contributed by atoms with E-state index >= 15 is 0 Å². The molecule has 0 unspecified atom stereocenters. The summed E-state index contributed by atoms with van der Waals surface area (Å²) in [6.45, 7) is 0.0989. The highest BCUT2D eigenvalue weighted by atomic mass is 32.2. The molecule has 168 valence electrons. The maximum Gasteiger partial charge on any atom is 0.251 e. The average molecular weight is 459 g/mol. The molecule has 0 radical (unpaired) electrons. The summed E-state index contributed by atoms with van der Waals surface area (Å²) in [5.74, 6) is 1.22. The number of fused-ring (bicyclic) bond motifs is 1. The quantitative estimate of drug-likeness (QED) is 0.374. The fraction of sp³-hybridized carbons (Fsp3) is 0.192. The number of rotatable bonds is 9. The fourth-order valence-corrected chi connectivity index (χ4v) is 4.20. The lowest BCUT2D eigenvalue weighted by Gasteiger charge is -2.20. The van der Waals surface area contributed by atoms with E-state index in [2.05, 4.69) is 10.6 Å². The third-order valence-corrected chi connectivity index (χ3v) is 5.95. The number of para-hydroxylation sites is 3. The van der Waals surface area contributed by atoms with E-state index in [1.807, 2.05) is 83.6 Å². The lowest BCUT2D eigenvalue weighted by atomic mass is 10.1. The minimum Gasteiger partial charge on any atom is -0.342 e. The smallest absolute Gasteiger partial charge is 0.251 e. The van der Waals surface area contributed by atoms with Crippen LogP contribution in [0, 0.1) is 0 Å². The van der Waals surface area contributed by atoms with Crippen molar-refractivity contribution in [3.63, 3.8) is 0 Å². The SMILES string of the molecule is CSCC[C@H](NC(=O)c1ccccc1)c1nc2ccccc2n1CC(=O)Nc1ccccc1. The molecule has 0 saturated carbocycles. The van der Waals surface area contributed by atoms with Gasteiger partial charge in [-0.25, -0.2) is 4.98 Å². The highest BCUT2D eigenvalue weighted by Crippen LogP contribution is 2.25. The second-order valence-electron chi connectivity index (χ2n) is 7.63. The van der Waals surface area contributed by atoms with Gasteiger partial charge in [0.1, 0.15) is 12.4 Å². The van der Waals surface area contributed by atoms with Crippen LogP contribution in [-0.2, 0) is 11.3 Å². The third-order valence-electron chi connectivity index (χ3n) is 5.31. The van der Waals surface area contributed by atoms with E-state index in [1.54, 1.807) is 23.9 Å². The Kier molecular flexibility index (Phi) is 7.42. The number of carbonyl (C=O) groups is 2. The molecule has 1 atom stereocenters. The predicted octanol–water partition coefficient (Wildman–Crippen LogP) is 4.90. The summed E-state index contributed by atoms with van der Waals surface area (Å²) >= 11 is 1.71. The lowest BCUT2D eigenvalue weighted by Crippen LogP contribution is -2.32. The Morgan fingerprint density at radius 1 is 0.939 bits per heavy atom. The molecule has 0 saturated heterocycles. The first-order valence-electron chi connectivity index (χ1n) is 10.8. The van der Waals surface area contributed by atoms with Gasteiger partial charge in [-0.05, 0) is 54.8 Å². The van der Waals surface area contributed by atoms with Gasteiger partial charge in [-0.1, -0.05) is 48.5 Å². The molecule has 0 fully saturated rings. The van der Waals surface area contributed by atoms with Gasteiger partial charge in [-0.3, -0.25) is 9.59 Å². The van der Waals surface area contributed by atoms with E-state index in [0.717, 1.165) is 22.5 Å². The molecule has 0 aliphatic heterocycles. The van der Waals surface area contributed by atoms with Crippen LogP contribution in [0.15, 0.2) is 84.9 Å².